The second-order valence-electron chi connectivity index (χ2n) is 15.2. The smallest absolute Gasteiger partial charge is 0.367 e. The van der Waals surface area contributed by atoms with Crippen LogP contribution in [0.5, 0.6) is 0 Å². The molecule has 2 saturated heterocycles. The zero-order valence-electron chi connectivity index (χ0n) is 32.6. The van der Waals surface area contributed by atoms with Gasteiger partial charge in [0.2, 0.25) is 5.91 Å². The number of hydrogen-bond donors (Lipinski definition) is 1. The van der Waals surface area contributed by atoms with Gasteiger partial charge in [0.05, 0.1) is 40.4 Å². The zero-order chi connectivity index (χ0) is 41.2. The Morgan fingerprint density at radius 2 is 1.59 bits per heavy atom. The fourth-order valence-electron chi connectivity index (χ4n) is 8.44. The summed E-state index contributed by atoms with van der Waals surface area (Å²) in [5.41, 5.74) is -2.37. The van der Waals surface area contributed by atoms with Gasteiger partial charge in [0.25, 0.3) is 5.91 Å². The molecule has 326 valence electrons. The van der Waals surface area contributed by atoms with E-state index in [0.717, 1.165) is 25.8 Å². The van der Waals surface area contributed by atoms with Crippen LogP contribution in [-0.4, -0.2) is 106 Å². The van der Waals surface area contributed by atoms with Crippen molar-refractivity contribution in [1.29, 1.82) is 0 Å². The van der Waals surface area contributed by atoms with Gasteiger partial charge in [0.1, 0.15) is 12.2 Å². The minimum absolute atomic E-state index is 0. The first-order valence-corrected chi connectivity index (χ1v) is 19.7. The molecule has 2 fully saturated rings. The van der Waals surface area contributed by atoms with Crippen LogP contribution in [0.1, 0.15) is 63.9 Å². The molecule has 3 aromatic rings. The summed E-state index contributed by atoms with van der Waals surface area (Å²) in [6, 6.07) is 14.1. The van der Waals surface area contributed by atoms with Crippen molar-refractivity contribution in [1.82, 2.24) is 20.0 Å². The van der Waals surface area contributed by atoms with Crippen molar-refractivity contribution < 1.29 is 45.4 Å². The quantitative estimate of drug-likeness (QED) is 0.145. The third-order valence-corrected chi connectivity index (χ3v) is 12.4. The number of hydrogen-bond acceptors (Lipinski definition) is 6. The van der Waals surface area contributed by atoms with E-state index in [-0.39, 0.29) is 84.7 Å². The number of carbonyl (C=O) groups excluding carboxylic acids is 2. The lowest BCUT2D eigenvalue weighted by Gasteiger charge is -2.46. The molecule has 0 aromatic heterocycles. The number of fused-ring (bicyclic) bond motifs is 2. The number of likely N-dealkylation sites (tertiary alicyclic amines) is 1. The van der Waals surface area contributed by atoms with Crippen molar-refractivity contribution >= 4 is 59.8 Å². The summed E-state index contributed by atoms with van der Waals surface area (Å²) in [6.45, 7) is 3.02. The number of likely N-dealkylation sites (N-methyl/N-ethyl adjacent to an activating group) is 1. The van der Waals surface area contributed by atoms with Gasteiger partial charge in [-0.1, -0.05) is 53.5 Å². The maximum absolute atomic E-state index is 13.8. The normalized spacial score (nSPS) is 20.4. The minimum Gasteiger partial charge on any atom is -0.367 e. The molecule has 3 aliphatic rings. The molecule has 2 aliphatic heterocycles. The van der Waals surface area contributed by atoms with Gasteiger partial charge in [-0.15, -0.1) is 24.8 Å². The molecular formula is C41H48Cl4F6N4O4. The highest BCUT2D eigenvalue weighted by Crippen LogP contribution is 2.48. The Hall–Kier alpha value is -2.82. The van der Waals surface area contributed by atoms with Gasteiger partial charge in [0.15, 0.2) is 0 Å². The Labute approximate surface area is 362 Å². The van der Waals surface area contributed by atoms with Crippen molar-refractivity contribution in [3.63, 3.8) is 0 Å². The Morgan fingerprint density at radius 3 is 2.22 bits per heavy atom. The van der Waals surface area contributed by atoms with Crippen molar-refractivity contribution in [2.24, 2.45) is 0 Å². The molecule has 0 bridgehead atoms. The van der Waals surface area contributed by atoms with Crippen LogP contribution in [0, 0.1) is 0 Å². The highest BCUT2D eigenvalue weighted by atomic mass is 35.5. The SMILES string of the molecule is CNCCCN(C)C(=O)CO[C@H]1Cc2ccccc2C12CCN(CC[C@@]1(c3ccc(Cl)c(Cl)c3)CN(C(=O)c3cc(C(F)(F)F)cc(C(F)(F)F)c3)CCO1)CC2.Cl.Cl. The summed E-state index contributed by atoms with van der Waals surface area (Å²) in [6.07, 6.45) is -7.05. The molecule has 0 radical (unpaired) electrons. The molecular weight excluding hydrogens is 868 g/mol. The number of nitrogens with zero attached hydrogens (tertiary/aromatic N) is 3. The van der Waals surface area contributed by atoms with E-state index in [4.69, 9.17) is 32.7 Å². The van der Waals surface area contributed by atoms with E-state index in [1.165, 1.54) is 16.0 Å². The van der Waals surface area contributed by atoms with Crippen molar-refractivity contribution in [3.8, 4) is 0 Å². The molecule has 1 N–H and O–H groups in total. The van der Waals surface area contributed by atoms with E-state index in [2.05, 4.69) is 22.3 Å². The number of rotatable bonds is 12. The molecule has 59 heavy (non-hydrogen) atoms. The lowest BCUT2D eigenvalue weighted by molar-refractivity contribution is -0.143. The van der Waals surface area contributed by atoms with E-state index >= 15 is 0 Å². The first-order valence-electron chi connectivity index (χ1n) is 18.9. The van der Waals surface area contributed by atoms with Gasteiger partial charge >= 0.3 is 12.4 Å². The number of alkyl halides is 6. The lowest BCUT2D eigenvalue weighted by atomic mass is 9.72. The highest BCUT2D eigenvalue weighted by molar-refractivity contribution is 6.42. The number of halogens is 10. The third-order valence-electron chi connectivity index (χ3n) is 11.7. The summed E-state index contributed by atoms with van der Waals surface area (Å²) in [4.78, 5) is 32.0. The number of benzene rings is 3. The van der Waals surface area contributed by atoms with Crippen molar-refractivity contribution in [3.05, 3.63) is 104 Å². The van der Waals surface area contributed by atoms with Crippen LogP contribution in [0.15, 0.2) is 60.7 Å². The van der Waals surface area contributed by atoms with E-state index in [0.29, 0.717) is 56.7 Å². The molecule has 1 aliphatic carbocycles. The second-order valence-corrected chi connectivity index (χ2v) is 16.0. The number of amides is 2. The average molecular weight is 917 g/mol. The van der Waals surface area contributed by atoms with Crippen LogP contribution in [0.2, 0.25) is 10.0 Å². The van der Waals surface area contributed by atoms with E-state index in [9.17, 15) is 35.9 Å². The van der Waals surface area contributed by atoms with Gasteiger partial charge in [-0.2, -0.15) is 26.3 Å². The molecule has 0 saturated carbocycles. The molecule has 18 heteroatoms. The predicted molar refractivity (Wildman–Crippen MR) is 219 cm³/mol. The maximum atomic E-state index is 13.8. The van der Waals surface area contributed by atoms with Crippen LogP contribution in [-0.2, 0) is 44.1 Å². The third kappa shape index (κ3) is 11.0. The Balaban J connectivity index is 0.00000384. The molecule has 8 nitrogen and oxygen atoms in total. The first-order chi connectivity index (χ1) is 27.0. The topological polar surface area (TPSA) is 74.4 Å². The highest BCUT2D eigenvalue weighted by Gasteiger charge is 2.50. The van der Waals surface area contributed by atoms with Crippen LogP contribution < -0.4 is 5.32 Å². The van der Waals surface area contributed by atoms with Crippen molar-refractivity contribution in [2.75, 3.05) is 73.1 Å². The minimum atomic E-state index is -5.11. The molecule has 6 rings (SSSR count). The van der Waals surface area contributed by atoms with Gasteiger partial charge in [0, 0.05) is 37.7 Å². The first kappa shape index (κ1) is 48.8. The summed E-state index contributed by atoms with van der Waals surface area (Å²) in [5.74, 6) is -1.05. The summed E-state index contributed by atoms with van der Waals surface area (Å²) < 4.78 is 95.1. The van der Waals surface area contributed by atoms with Crippen LogP contribution in [0.4, 0.5) is 26.3 Å². The lowest BCUT2D eigenvalue weighted by Crippen LogP contribution is -2.54. The second kappa shape index (κ2) is 19.9. The number of nitrogens with one attached hydrogen (secondary N) is 1. The standard InChI is InChI=1S/C41H46Cl2F6N4O4.2ClH/c1-50-13-5-14-51(2)36(54)25-56-35-22-27-6-3-4-7-32(27)38(35)10-15-52(16-11-38)17-12-39(29-8-9-33(42)34(43)24-29)26-53(18-19-57-39)37(55)28-20-30(40(44,45)46)23-31(21-28)41(47,48)49;;/h3-4,6-9,20-21,23-24,35,50H,5,10-19,22,25-26H2,1-2H3;2*1H/t35-,39-;;/m0../s1. The largest absolute Gasteiger partial charge is 0.416 e. The monoisotopic (exact) mass is 914 g/mol. The molecule has 1 spiro atoms. The fraction of sp³-hybridized carbons (Fsp3) is 0.512. The van der Waals surface area contributed by atoms with Crippen LogP contribution in [0.25, 0.3) is 0 Å². The summed E-state index contributed by atoms with van der Waals surface area (Å²) >= 11 is 12.7. The number of ether oxygens (including phenoxy) is 2. The predicted octanol–water partition coefficient (Wildman–Crippen LogP) is 8.68. The van der Waals surface area contributed by atoms with Gasteiger partial charge in [-0.25, -0.2) is 0 Å². The van der Waals surface area contributed by atoms with Crippen LogP contribution >= 0.6 is 48.0 Å². The van der Waals surface area contributed by atoms with E-state index in [1.54, 1.807) is 30.1 Å². The summed E-state index contributed by atoms with van der Waals surface area (Å²) in [7, 11) is 3.65. The van der Waals surface area contributed by atoms with E-state index in [1.807, 2.05) is 19.2 Å². The number of carbonyl (C=O) groups is 2. The average Bonchev–Trinajstić information content (AvgIpc) is 3.48. The Kier molecular flexibility index (Phi) is 16.5. The maximum Gasteiger partial charge on any atom is 0.416 e. The Bertz CT molecular complexity index is 1900. The van der Waals surface area contributed by atoms with Crippen LogP contribution in [0.3, 0.4) is 0 Å². The zero-order valence-corrected chi connectivity index (χ0v) is 35.7. The van der Waals surface area contributed by atoms with Gasteiger partial charge in [-0.3, -0.25) is 9.59 Å². The molecule has 2 heterocycles. The molecule has 2 amide bonds. The molecule has 0 unspecified atom stereocenters. The van der Waals surface area contributed by atoms with Gasteiger partial charge in [-0.05, 0) is 106 Å². The van der Waals surface area contributed by atoms with Crippen molar-refractivity contribution in [2.45, 2.75) is 61.6 Å². The molecule has 2 atom stereocenters. The number of morpholine rings is 1. The fourth-order valence-corrected chi connectivity index (χ4v) is 8.74. The Morgan fingerprint density at radius 1 is 0.932 bits per heavy atom. The molecule has 3 aromatic carbocycles. The summed E-state index contributed by atoms with van der Waals surface area (Å²) in [5, 5.41) is 3.59. The van der Waals surface area contributed by atoms with Gasteiger partial charge < -0.3 is 29.5 Å². The number of piperidine rings is 1. The van der Waals surface area contributed by atoms with E-state index < -0.39 is 40.6 Å².